The molecule has 3 saturated carbocycles. The topological polar surface area (TPSA) is 90.9 Å². The summed E-state index contributed by atoms with van der Waals surface area (Å²) in [6, 6.07) is 0.251. The number of nitrogens with zero attached hydrogens (tertiary/aromatic N) is 3. The first-order valence-electron chi connectivity index (χ1n) is 7.05. The van der Waals surface area contributed by atoms with Gasteiger partial charge in [0.25, 0.3) is 15.2 Å². The number of rotatable bonds is 3. The minimum Gasteiger partial charge on any atom is -0.297 e. The van der Waals surface area contributed by atoms with E-state index in [9.17, 15) is 8.42 Å². The van der Waals surface area contributed by atoms with Gasteiger partial charge in [-0.2, -0.15) is 0 Å². The molecule has 2 unspecified atom stereocenters. The lowest BCUT2D eigenvalue weighted by atomic mass is 10.0. The number of aromatic nitrogens is 3. The third kappa shape index (κ3) is 1.82. The number of fused-ring (bicyclic) bond motifs is 1. The van der Waals surface area contributed by atoms with Gasteiger partial charge < -0.3 is 0 Å². The second-order valence-electron chi connectivity index (χ2n) is 6.12. The third-order valence-electron chi connectivity index (χ3n) is 4.81. The molecule has 0 aliphatic heterocycles. The Morgan fingerprint density at radius 2 is 1.68 bits per heavy atom. The Labute approximate surface area is 112 Å². The van der Waals surface area contributed by atoms with Gasteiger partial charge in [-0.05, 0) is 37.5 Å². The van der Waals surface area contributed by atoms with E-state index < -0.39 is 10.0 Å². The Kier molecular flexibility index (Phi) is 2.36. The number of hydrogen-bond acceptors (Lipinski definition) is 4. The Morgan fingerprint density at radius 3 is 2.21 bits per heavy atom. The number of hydrogen-bond donors (Lipinski definition) is 1. The second kappa shape index (κ2) is 3.79. The van der Waals surface area contributed by atoms with E-state index in [0.717, 1.165) is 18.7 Å². The van der Waals surface area contributed by atoms with E-state index in [-0.39, 0.29) is 11.2 Å². The van der Waals surface area contributed by atoms with Gasteiger partial charge in [-0.25, -0.2) is 13.6 Å². The highest BCUT2D eigenvalue weighted by Crippen LogP contribution is 2.61. The van der Waals surface area contributed by atoms with E-state index in [0.29, 0.717) is 17.8 Å². The van der Waals surface area contributed by atoms with Crippen LogP contribution >= 0.6 is 0 Å². The molecule has 19 heavy (non-hydrogen) atoms. The normalized spacial score (nSPS) is 34.1. The van der Waals surface area contributed by atoms with Gasteiger partial charge in [0.1, 0.15) is 5.82 Å². The summed E-state index contributed by atoms with van der Waals surface area (Å²) in [5.74, 6) is 2.70. The molecule has 3 aliphatic rings. The van der Waals surface area contributed by atoms with Gasteiger partial charge in [0.15, 0.2) is 0 Å². The molecule has 0 saturated heterocycles. The molecule has 1 aromatic rings. The van der Waals surface area contributed by atoms with Gasteiger partial charge in [0.05, 0.1) is 0 Å². The van der Waals surface area contributed by atoms with Crippen molar-refractivity contribution in [2.45, 2.75) is 55.6 Å². The van der Waals surface area contributed by atoms with Crippen molar-refractivity contribution in [1.82, 2.24) is 14.8 Å². The predicted molar refractivity (Wildman–Crippen MR) is 67.9 cm³/mol. The van der Waals surface area contributed by atoms with Crippen LogP contribution in [-0.4, -0.2) is 23.2 Å². The van der Waals surface area contributed by atoms with Crippen molar-refractivity contribution >= 4 is 10.0 Å². The standard InChI is InChI=1S/C12H18N4O2S/c13-19(17,18)12-15-14-11(16(12)7-5-6-7)10-8-3-1-2-4-9(8)10/h7-10H,1-6H2,(H2,13,17,18). The summed E-state index contributed by atoms with van der Waals surface area (Å²) < 4.78 is 25.0. The van der Waals surface area contributed by atoms with Crippen LogP contribution in [0.15, 0.2) is 5.16 Å². The molecule has 7 heteroatoms. The summed E-state index contributed by atoms with van der Waals surface area (Å²) in [5.41, 5.74) is 0. The number of sulfonamides is 1. The molecule has 0 aromatic carbocycles. The zero-order valence-corrected chi connectivity index (χ0v) is 11.5. The van der Waals surface area contributed by atoms with E-state index in [1.165, 1.54) is 25.7 Å². The molecular weight excluding hydrogens is 264 g/mol. The minimum absolute atomic E-state index is 0.0337. The van der Waals surface area contributed by atoms with E-state index >= 15 is 0 Å². The summed E-state index contributed by atoms with van der Waals surface area (Å²) in [5, 5.41) is 13.3. The first-order chi connectivity index (χ1) is 9.07. The summed E-state index contributed by atoms with van der Waals surface area (Å²) in [6.45, 7) is 0. The van der Waals surface area contributed by atoms with Crippen LogP contribution < -0.4 is 5.14 Å². The lowest BCUT2D eigenvalue weighted by Crippen LogP contribution is -2.19. The van der Waals surface area contributed by atoms with Gasteiger partial charge in [0, 0.05) is 12.0 Å². The fraction of sp³-hybridized carbons (Fsp3) is 0.833. The van der Waals surface area contributed by atoms with Gasteiger partial charge in [0.2, 0.25) is 0 Å². The summed E-state index contributed by atoms with van der Waals surface area (Å²) in [6.07, 6.45) is 7.09. The van der Waals surface area contributed by atoms with Crippen molar-refractivity contribution in [2.24, 2.45) is 17.0 Å². The molecule has 1 heterocycles. The Morgan fingerprint density at radius 1 is 1.05 bits per heavy atom. The molecule has 3 aliphatic carbocycles. The summed E-state index contributed by atoms with van der Waals surface area (Å²) in [4.78, 5) is 0. The number of nitrogens with two attached hydrogens (primary N) is 1. The summed E-state index contributed by atoms with van der Waals surface area (Å²) >= 11 is 0. The molecule has 0 radical (unpaired) electrons. The molecule has 3 fully saturated rings. The smallest absolute Gasteiger partial charge is 0.273 e. The first-order valence-corrected chi connectivity index (χ1v) is 8.59. The summed E-state index contributed by atoms with van der Waals surface area (Å²) in [7, 11) is -3.77. The molecule has 0 bridgehead atoms. The average Bonchev–Trinajstić information content (AvgIpc) is 3.26. The molecule has 1 aromatic heterocycles. The van der Waals surface area contributed by atoms with Crippen LogP contribution in [0.25, 0.3) is 0 Å². The largest absolute Gasteiger partial charge is 0.297 e. The monoisotopic (exact) mass is 282 g/mol. The van der Waals surface area contributed by atoms with E-state index in [1.807, 2.05) is 4.57 Å². The molecule has 2 atom stereocenters. The van der Waals surface area contributed by atoms with Gasteiger partial charge in [-0.1, -0.05) is 12.8 Å². The predicted octanol–water partition coefficient (Wildman–Crippen LogP) is 1.16. The lowest BCUT2D eigenvalue weighted by molar-refractivity contribution is 0.480. The number of primary sulfonamides is 1. The minimum atomic E-state index is -3.77. The first kappa shape index (κ1) is 11.8. The molecule has 6 nitrogen and oxygen atoms in total. The highest BCUT2D eigenvalue weighted by Gasteiger charge is 2.55. The van der Waals surface area contributed by atoms with Gasteiger partial charge in [-0.3, -0.25) is 4.57 Å². The maximum absolute atomic E-state index is 11.6. The Balaban J connectivity index is 1.75. The molecule has 104 valence electrons. The maximum atomic E-state index is 11.6. The van der Waals surface area contributed by atoms with Crippen molar-refractivity contribution in [1.29, 1.82) is 0 Å². The zero-order valence-electron chi connectivity index (χ0n) is 10.7. The van der Waals surface area contributed by atoms with Crippen LogP contribution in [0.1, 0.15) is 56.3 Å². The van der Waals surface area contributed by atoms with Crippen LogP contribution in [0, 0.1) is 11.8 Å². The SMILES string of the molecule is NS(=O)(=O)c1nnc(C2C3CCCCC32)n1C1CC1. The fourth-order valence-electron chi connectivity index (χ4n) is 3.76. The Hall–Kier alpha value is -0.950. The van der Waals surface area contributed by atoms with Crippen molar-refractivity contribution in [3.8, 4) is 0 Å². The highest BCUT2D eigenvalue weighted by atomic mass is 32.2. The molecule has 0 spiro atoms. The third-order valence-corrected chi connectivity index (χ3v) is 5.60. The van der Waals surface area contributed by atoms with Crippen molar-refractivity contribution < 1.29 is 8.42 Å². The molecule has 4 rings (SSSR count). The second-order valence-corrected chi connectivity index (χ2v) is 7.58. The van der Waals surface area contributed by atoms with Crippen molar-refractivity contribution in [3.63, 3.8) is 0 Å². The maximum Gasteiger partial charge on any atom is 0.273 e. The van der Waals surface area contributed by atoms with Gasteiger partial charge in [-0.15, -0.1) is 10.2 Å². The average molecular weight is 282 g/mol. The molecule has 2 N–H and O–H groups in total. The van der Waals surface area contributed by atoms with Crippen molar-refractivity contribution in [2.75, 3.05) is 0 Å². The quantitative estimate of drug-likeness (QED) is 0.900. The lowest BCUT2D eigenvalue weighted by Gasteiger charge is -2.07. The Bertz CT molecular complexity index is 608. The van der Waals surface area contributed by atoms with Crippen LogP contribution in [0.2, 0.25) is 0 Å². The van der Waals surface area contributed by atoms with Gasteiger partial charge >= 0.3 is 0 Å². The van der Waals surface area contributed by atoms with Crippen molar-refractivity contribution in [3.05, 3.63) is 5.82 Å². The fourth-order valence-corrected chi connectivity index (χ4v) is 4.43. The molecule has 0 amide bonds. The molecular formula is C12H18N4O2S. The van der Waals surface area contributed by atoms with E-state index in [4.69, 9.17) is 5.14 Å². The van der Waals surface area contributed by atoms with Crippen LogP contribution in [0.5, 0.6) is 0 Å². The zero-order chi connectivity index (χ0) is 13.2. The van der Waals surface area contributed by atoms with Crippen LogP contribution in [0.4, 0.5) is 0 Å². The van der Waals surface area contributed by atoms with Crippen LogP contribution in [-0.2, 0) is 10.0 Å². The van der Waals surface area contributed by atoms with E-state index in [1.54, 1.807) is 0 Å². The van der Waals surface area contributed by atoms with Crippen LogP contribution in [0.3, 0.4) is 0 Å². The van der Waals surface area contributed by atoms with E-state index in [2.05, 4.69) is 10.2 Å². The highest BCUT2D eigenvalue weighted by molar-refractivity contribution is 7.89.